The first-order valence-electron chi connectivity index (χ1n) is 16.0. The van der Waals surface area contributed by atoms with E-state index in [-0.39, 0.29) is 98.2 Å². The predicted molar refractivity (Wildman–Crippen MR) is 181 cm³/mol. The van der Waals surface area contributed by atoms with Gasteiger partial charge in [0.15, 0.2) is 0 Å². The minimum Gasteiger partial charge on any atom is -0.533 e. The molecule has 0 heterocycles. The Bertz CT molecular complexity index is 1460. The summed E-state index contributed by atoms with van der Waals surface area (Å²) >= 11 is 0. The number of phenols is 1. The standard InChI is InChI=1S/C22H19F2O.C8H9O3.C7H14O.C2H6.K/c1-3-14-12-15(13-20(23)16(14)4-2)17-9-7-10-19(22(17)24)18-8-5-6-11-21(18)25;1-6(10)3-4-8(5-9)7(2)11;1-6-4-2-3-5-7(6)8;1-2;/h5-10,12-13,25H,3-4H2,1-2H3;4H,3H2,1-2H3;6-8H,2-5H2,1H3;1-2H3;/q2*-1;;;+1/b;8-4-;;;. The average Bonchev–Trinajstić information content (AvgIpc) is 3.04. The molecule has 2 atom stereocenters. The second kappa shape index (κ2) is 23.9. The van der Waals surface area contributed by atoms with Gasteiger partial charge in [-0.1, -0.05) is 77.3 Å². The van der Waals surface area contributed by atoms with Crippen LogP contribution in [0.3, 0.4) is 0 Å². The molecule has 3 aromatic rings. The van der Waals surface area contributed by atoms with Gasteiger partial charge >= 0.3 is 51.4 Å². The first kappa shape index (κ1) is 44.7. The largest absolute Gasteiger partial charge is 1.00 e. The van der Waals surface area contributed by atoms with Crippen molar-refractivity contribution < 1.29 is 84.8 Å². The summed E-state index contributed by atoms with van der Waals surface area (Å²) in [6.45, 7) is 12.6. The van der Waals surface area contributed by atoms with Gasteiger partial charge in [0.1, 0.15) is 17.4 Å². The third-order valence-electron chi connectivity index (χ3n) is 7.61. The van der Waals surface area contributed by atoms with Crippen molar-refractivity contribution in [2.75, 3.05) is 0 Å². The molecular formula is C39H48F2KO5-. The predicted octanol–water partition coefficient (Wildman–Crippen LogP) is 6.11. The van der Waals surface area contributed by atoms with Crippen LogP contribution in [-0.4, -0.2) is 34.2 Å². The molecule has 4 rings (SSSR count). The van der Waals surface area contributed by atoms with Gasteiger partial charge in [0.05, 0.1) is 12.4 Å². The fourth-order valence-electron chi connectivity index (χ4n) is 4.97. The third kappa shape index (κ3) is 14.4. The summed E-state index contributed by atoms with van der Waals surface area (Å²) < 4.78 is 29.6. The molecule has 1 saturated carbocycles. The normalized spacial score (nSPS) is 15.2. The summed E-state index contributed by atoms with van der Waals surface area (Å²) in [4.78, 5) is 31.0. The molecule has 1 aliphatic carbocycles. The number of allylic oxidation sites excluding steroid dienone is 2. The molecular weight excluding hydrogens is 626 g/mol. The maximum Gasteiger partial charge on any atom is 1.00 e. The monoisotopic (exact) mass is 673 g/mol. The summed E-state index contributed by atoms with van der Waals surface area (Å²) in [5, 5.41) is 19.1. The van der Waals surface area contributed by atoms with Crippen molar-refractivity contribution in [2.45, 2.75) is 99.5 Å². The Morgan fingerprint density at radius 1 is 0.979 bits per heavy atom. The molecule has 5 nitrogen and oxygen atoms in total. The Labute approximate surface area is 322 Å². The number of hydrogen-bond donors (Lipinski definition) is 2. The van der Waals surface area contributed by atoms with E-state index in [4.69, 9.17) is 0 Å². The van der Waals surface area contributed by atoms with Gasteiger partial charge in [-0.05, 0) is 80.2 Å². The Hall–Kier alpha value is -2.33. The molecule has 0 aromatic heterocycles. The first-order chi connectivity index (χ1) is 21.9. The van der Waals surface area contributed by atoms with E-state index in [0.29, 0.717) is 41.0 Å². The number of phenolic OH excluding ortho intramolecular Hbond substituents is 1. The number of Topliss-reactive ketones (excluding diaryl/α,β-unsaturated/α-hetero) is 2. The van der Waals surface area contributed by atoms with Gasteiger partial charge in [-0.25, -0.2) is 8.78 Å². The van der Waals surface area contributed by atoms with E-state index in [9.17, 15) is 29.0 Å². The molecule has 0 radical (unpaired) electrons. The SMILES string of the molecule is CC.CC(=O)C/C=C(/[C-]=O)C(C)=O.CC1CCCCC1O.CCc1cc(-c2cccc(-c3ccc[c-]c3O)c2F)cc(F)c1CC.[K+]. The Morgan fingerprint density at radius 2 is 1.60 bits per heavy atom. The van der Waals surface area contributed by atoms with Gasteiger partial charge in [-0.2, -0.15) is 24.3 Å². The molecule has 2 unspecified atom stereocenters. The summed E-state index contributed by atoms with van der Waals surface area (Å²) in [6, 6.07) is 15.7. The number of carbonyl (C=O) groups is 2. The number of carbonyl (C=O) groups excluding carboxylic acids is 3. The van der Waals surface area contributed by atoms with Crippen molar-refractivity contribution in [3.63, 3.8) is 0 Å². The zero-order valence-corrected chi connectivity index (χ0v) is 32.3. The quantitative estimate of drug-likeness (QED) is 0.0991. The molecule has 250 valence electrons. The van der Waals surface area contributed by atoms with E-state index >= 15 is 4.39 Å². The van der Waals surface area contributed by atoms with Gasteiger partial charge < -0.3 is 24.6 Å². The number of hydrogen-bond acceptors (Lipinski definition) is 5. The van der Waals surface area contributed by atoms with Gasteiger partial charge in [0.25, 0.3) is 0 Å². The van der Waals surface area contributed by atoms with Crippen LogP contribution in [0, 0.1) is 23.6 Å². The zero-order valence-electron chi connectivity index (χ0n) is 29.2. The van der Waals surface area contributed by atoms with Crippen LogP contribution >= 0.6 is 0 Å². The molecule has 1 aliphatic rings. The Balaban J connectivity index is 0.000000797. The van der Waals surface area contributed by atoms with Crippen molar-refractivity contribution >= 4 is 17.9 Å². The molecule has 8 heteroatoms. The van der Waals surface area contributed by atoms with Crippen molar-refractivity contribution in [1.29, 1.82) is 0 Å². The molecule has 2 N–H and O–H groups in total. The van der Waals surface area contributed by atoms with Gasteiger partial charge in [-0.3, -0.25) is 0 Å². The van der Waals surface area contributed by atoms with E-state index in [1.165, 1.54) is 51.5 Å². The molecule has 0 aliphatic heterocycles. The minimum atomic E-state index is -0.483. The number of aliphatic hydroxyl groups excluding tert-OH is 1. The number of aromatic hydroxyl groups is 1. The fraction of sp³-hybridized carbons (Fsp3) is 0.410. The molecule has 0 bridgehead atoms. The minimum absolute atomic E-state index is 0. The fourth-order valence-corrected chi connectivity index (χ4v) is 4.97. The second-order valence-corrected chi connectivity index (χ2v) is 10.9. The molecule has 1 fully saturated rings. The van der Waals surface area contributed by atoms with Crippen LogP contribution in [0.25, 0.3) is 22.3 Å². The average molecular weight is 674 g/mol. The van der Waals surface area contributed by atoms with Crippen LogP contribution in [-0.2, 0) is 27.2 Å². The van der Waals surface area contributed by atoms with Crippen LogP contribution in [0.2, 0.25) is 0 Å². The zero-order chi connectivity index (χ0) is 34.8. The summed E-state index contributed by atoms with van der Waals surface area (Å²) in [5.74, 6) is -0.787. The summed E-state index contributed by atoms with van der Waals surface area (Å²) in [5.41, 5.74) is 2.96. The number of aryl methyl sites for hydroxylation is 1. The number of benzene rings is 3. The number of para-hydroxylation sites is 1. The van der Waals surface area contributed by atoms with Crippen molar-refractivity contribution in [2.24, 2.45) is 5.92 Å². The second-order valence-electron chi connectivity index (χ2n) is 10.9. The Morgan fingerprint density at radius 3 is 2.09 bits per heavy atom. The summed E-state index contributed by atoms with van der Waals surface area (Å²) in [7, 11) is 0. The van der Waals surface area contributed by atoms with E-state index in [1.807, 2.05) is 33.8 Å². The molecule has 47 heavy (non-hydrogen) atoms. The number of ketones is 2. The maximum atomic E-state index is 15.1. The van der Waals surface area contributed by atoms with E-state index < -0.39 is 5.82 Å². The van der Waals surface area contributed by atoms with Crippen LogP contribution in [0.1, 0.15) is 91.7 Å². The number of halogens is 2. The third-order valence-corrected chi connectivity index (χ3v) is 7.61. The molecule has 0 spiro atoms. The van der Waals surface area contributed by atoms with Crippen LogP contribution in [0.15, 0.2) is 60.2 Å². The first-order valence-corrected chi connectivity index (χ1v) is 16.0. The van der Waals surface area contributed by atoms with Gasteiger partial charge in [0.2, 0.25) is 0 Å². The van der Waals surface area contributed by atoms with Crippen LogP contribution in [0.4, 0.5) is 8.78 Å². The van der Waals surface area contributed by atoms with E-state index in [2.05, 4.69) is 13.0 Å². The smallest absolute Gasteiger partial charge is 0.533 e. The number of rotatable bonds is 8. The Kier molecular flexibility index (Phi) is 22.7. The summed E-state index contributed by atoms with van der Waals surface area (Å²) in [6.07, 6.45) is 8.96. The number of aliphatic hydroxyl groups is 1. The van der Waals surface area contributed by atoms with Crippen LogP contribution in [0.5, 0.6) is 5.75 Å². The van der Waals surface area contributed by atoms with Gasteiger partial charge in [-0.15, -0.1) is 11.6 Å². The van der Waals surface area contributed by atoms with Gasteiger partial charge in [0, 0.05) is 17.1 Å². The molecule has 0 saturated heterocycles. The van der Waals surface area contributed by atoms with Crippen molar-refractivity contribution in [3.05, 3.63) is 89.0 Å². The van der Waals surface area contributed by atoms with E-state index in [0.717, 1.165) is 12.0 Å². The van der Waals surface area contributed by atoms with E-state index in [1.54, 1.807) is 36.4 Å². The van der Waals surface area contributed by atoms with Crippen molar-refractivity contribution in [3.8, 4) is 28.0 Å². The molecule has 3 aromatic carbocycles. The van der Waals surface area contributed by atoms with Crippen molar-refractivity contribution in [1.82, 2.24) is 0 Å². The van der Waals surface area contributed by atoms with Crippen LogP contribution < -0.4 is 51.4 Å². The topological polar surface area (TPSA) is 91.7 Å². The maximum absolute atomic E-state index is 15.1. The molecule has 0 amide bonds.